The summed E-state index contributed by atoms with van der Waals surface area (Å²) in [6, 6.07) is 6.06. The highest BCUT2D eigenvalue weighted by Crippen LogP contribution is 2.31. The van der Waals surface area contributed by atoms with Crippen molar-refractivity contribution >= 4 is 17.4 Å². The van der Waals surface area contributed by atoms with Crippen LogP contribution in [-0.2, 0) is 17.6 Å². The average molecular weight is 251 g/mol. The fourth-order valence-corrected chi connectivity index (χ4v) is 2.44. The Labute approximate surface area is 108 Å². The zero-order chi connectivity index (χ0) is 12.4. The number of carbonyl (C=O) groups is 1. The second kappa shape index (κ2) is 5.22. The van der Waals surface area contributed by atoms with Crippen molar-refractivity contribution in [3.8, 4) is 0 Å². The minimum Gasteiger partial charge on any atom is -0.299 e. The van der Waals surface area contributed by atoms with Gasteiger partial charge >= 0.3 is 0 Å². The minimum absolute atomic E-state index is 0.336. The van der Waals surface area contributed by atoms with Crippen LogP contribution in [0, 0.1) is 11.8 Å². The van der Waals surface area contributed by atoms with Crippen LogP contribution in [0.4, 0.5) is 0 Å². The van der Waals surface area contributed by atoms with E-state index in [1.54, 1.807) is 0 Å². The van der Waals surface area contributed by atoms with E-state index in [-0.39, 0.29) is 0 Å². The molecular formula is C15H19ClO. The van der Waals surface area contributed by atoms with E-state index in [4.69, 9.17) is 11.6 Å². The van der Waals surface area contributed by atoms with Gasteiger partial charge in [0, 0.05) is 17.4 Å². The first-order valence-electron chi connectivity index (χ1n) is 6.35. The molecule has 1 aliphatic carbocycles. The van der Waals surface area contributed by atoms with Gasteiger partial charge in [0.15, 0.2) is 0 Å². The Bertz CT molecular complexity index is 419. The van der Waals surface area contributed by atoms with Gasteiger partial charge in [-0.05, 0) is 48.4 Å². The smallest absolute Gasteiger partial charge is 0.140 e. The highest BCUT2D eigenvalue weighted by Gasteiger charge is 2.29. The lowest BCUT2D eigenvalue weighted by atomic mass is 9.98. The second-order valence-electron chi connectivity index (χ2n) is 5.48. The van der Waals surface area contributed by atoms with E-state index in [1.165, 1.54) is 5.56 Å². The van der Waals surface area contributed by atoms with Crippen LogP contribution in [0.2, 0.25) is 5.02 Å². The van der Waals surface area contributed by atoms with Crippen LogP contribution >= 0.6 is 11.6 Å². The number of carbonyl (C=O) groups excluding carboxylic acids is 1. The molecule has 0 spiro atoms. The van der Waals surface area contributed by atoms with Gasteiger partial charge in [0.1, 0.15) is 5.78 Å². The minimum atomic E-state index is 0.336. The van der Waals surface area contributed by atoms with Gasteiger partial charge in [-0.2, -0.15) is 0 Å². The van der Waals surface area contributed by atoms with Gasteiger partial charge in [0.2, 0.25) is 0 Å². The lowest BCUT2D eigenvalue weighted by molar-refractivity contribution is -0.119. The van der Waals surface area contributed by atoms with Crippen molar-refractivity contribution in [2.24, 2.45) is 11.8 Å². The summed E-state index contributed by atoms with van der Waals surface area (Å²) in [6.45, 7) is 4.38. The summed E-state index contributed by atoms with van der Waals surface area (Å²) in [5.74, 6) is 1.32. The number of benzene rings is 1. The molecule has 1 nitrogen and oxygen atoms in total. The molecule has 0 saturated heterocycles. The number of halogens is 1. The molecule has 0 unspecified atom stereocenters. The van der Waals surface area contributed by atoms with Crippen LogP contribution in [0.25, 0.3) is 0 Å². The molecular weight excluding hydrogens is 232 g/mol. The Morgan fingerprint density at radius 2 is 1.94 bits per heavy atom. The zero-order valence-electron chi connectivity index (χ0n) is 10.5. The van der Waals surface area contributed by atoms with Crippen LogP contribution in [0.1, 0.15) is 37.8 Å². The average Bonchev–Trinajstić information content (AvgIpc) is 2.97. The molecule has 0 aliphatic heterocycles. The normalized spacial score (nSPS) is 15.3. The first kappa shape index (κ1) is 12.6. The summed E-state index contributed by atoms with van der Waals surface area (Å²) < 4.78 is 0. The Morgan fingerprint density at radius 3 is 2.53 bits per heavy atom. The number of ketones is 1. The Hall–Kier alpha value is -0.820. The highest BCUT2D eigenvalue weighted by atomic mass is 35.5. The molecule has 0 bridgehead atoms. The third kappa shape index (κ3) is 3.85. The number of rotatable bonds is 5. The Morgan fingerprint density at radius 1 is 1.29 bits per heavy atom. The van der Waals surface area contributed by atoms with Gasteiger partial charge < -0.3 is 0 Å². The van der Waals surface area contributed by atoms with Crippen LogP contribution in [-0.4, -0.2) is 5.78 Å². The molecule has 0 amide bonds. The summed E-state index contributed by atoms with van der Waals surface area (Å²) in [6.07, 6.45) is 3.73. The van der Waals surface area contributed by atoms with E-state index in [0.29, 0.717) is 24.0 Å². The number of Topliss-reactive ketones (excluding diaryl/α,β-unsaturated/α-hetero) is 1. The third-order valence-electron chi connectivity index (χ3n) is 3.07. The van der Waals surface area contributed by atoms with Crippen molar-refractivity contribution in [2.75, 3.05) is 0 Å². The molecule has 92 valence electrons. The molecule has 1 saturated carbocycles. The molecule has 1 aliphatic rings. The van der Waals surface area contributed by atoms with Gasteiger partial charge in [0.05, 0.1) is 0 Å². The molecule has 1 fully saturated rings. The van der Waals surface area contributed by atoms with E-state index in [9.17, 15) is 4.79 Å². The van der Waals surface area contributed by atoms with Crippen molar-refractivity contribution in [2.45, 2.75) is 39.5 Å². The molecule has 0 heterocycles. The molecule has 2 heteroatoms. The molecule has 17 heavy (non-hydrogen) atoms. The van der Waals surface area contributed by atoms with E-state index in [2.05, 4.69) is 19.9 Å². The summed E-state index contributed by atoms with van der Waals surface area (Å²) in [7, 11) is 0. The standard InChI is InChI=1S/C15H19ClO/c1-10(2)5-11-6-12(8-14(16)7-11)9-15(17)13-3-4-13/h6-8,10,13H,3-5,9H2,1-2H3. The Kier molecular flexibility index (Phi) is 3.88. The van der Waals surface area contributed by atoms with Gasteiger partial charge in [-0.3, -0.25) is 4.79 Å². The monoisotopic (exact) mass is 250 g/mol. The molecule has 1 aromatic carbocycles. The maximum absolute atomic E-state index is 11.8. The summed E-state index contributed by atoms with van der Waals surface area (Å²) in [5.41, 5.74) is 2.32. The lowest BCUT2D eigenvalue weighted by Gasteiger charge is -2.08. The fraction of sp³-hybridized carbons (Fsp3) is 0.533. The van der Waals surface area contributed by atoms with E-state index in [1.807, 2.05) is 12.1 Å². The number of hydrogen-bond acceptors (Lipinski definition) is 1. The van der Waals surface area contributed by atoms with Crippen molar-refractivity contribution in [3.05, 3.63) is 34.3 Å². The number of hydrogen-bond donors (Lipinski definition) is 0. The van der Waals surface area contributed by atoms with Crippen molar-refractivity contribution in [1.82, 2.24) is 0 Å². The highest BCUT2D eigenvalue weighted by molar-refractivity contribution is 6.30. The van der Waals surface area contributed by atoms with E-state index >= 15 is 0 Å². The predicted molar refractivity (Wildman–Crippen MR) is 71.4 cm³/mol. The van der Waals surface area contributed by atoms with Crippen LogP contribution < -0.4 is 0 Å². The molecule has 0 atom stereocenters. The Balaban J connectivity index is 2.10. The maximum Gasteiger partial charge on any atom is 0.140 e. The third-order valence-corrected chi connectivity index (χ3v) is 3.29. The second-order valence-corrected chi connectivity index (χ2v) is 5.92. The topological polar surface area (TPSA) is 17.1 Å². The first-order valence-corrected chi connectivity index (χ1v) is 6.73. The fourth-order valence-electron chi connectivity index (χ4n) is 2.16. The van der Waals surface area contributed by atoms with Crippen LogP contribution in [0.3, 0.4) is 0 Å². The largest absolute Gasteiger partial charge is 0.299 e. The molecule has 2 rings (SSSR count). The van der Waals surface area contributed by atoms with Crippen LogP contribution in [0.5, 0.6) is 0 Å². The van der Waals surface area contributed by atoms with Gasteiger partial charge in [-0.1, -0.05) is 31.5 Å². The lowest BCUT2D eigenvalue weighted by Crippen LogP contribution is -2.05. The van der Waals surface area contributed by atoms with Gasteiger partial charge in [-0.25, -0.2) is 0 Å². The summed E-state index contributed by atoms with van der Waals surface area (Å²) in [4.78, 5) is 11.8. The summed E-state index contributed by atoms with van der Waals surface area (Å²) >= 11 is 6.10. The van der Waals surface area contributed by atoms with Gasteiger partial charge in [0.25, 0.3) is 0 Å². The van der Waals surface area contributed by atoms with Crippen LogP contribution in [0.15, 0.2) is 18.2 Å². The molecule has 1 aromatic rings. The van der Waals surface area contributed by atoms with E-state index < -0.39 is 0 Å². The zero-order valence-corrected chi connectivity index (χ0v) is 11.3. The maximum atomic E-state index is 11.8. The SMILES string of the molecule is CC(C)Cc1cc(Cl)cc(CC(=O)C2CC2)c1. The van der Waals surface area contributed by atoms with Crippen molar-refractivity contribution in [1.29, 1.82) is 0 Å². The van der Waals surface area contributed by atoms with Gasteiger partial charge in [-0.15, -0.1) is 0 Å². The molecule has 0 aromatic heterocycles. The van der Waals surface area contributed by atoms with Crippen molar-refractivity contribution in [3.63, 3.8) is 0 Å². The summed E-state index contributed by atoms with van der Waals surface area (Å²) in [5, 5.41) is 0.752. The first-order chi connectivity index (χ1) is 8.04. The molecule has 0 radical (unpaired) electrons. The predicted octanol–water partition coefficient (Wildman–Crippen LogP) is 4.06. The van der Waals surface area contributed by atoms with Crippen molar-refractivity contribution < 1.29 is 4.79 Å². The quantitative estimate of drug-likeness (QED) is 0.770. The molecule has 0 N–H and O–H groups in total. The van der Waals surface area contributed by atoms with E-state index in [0.717, 1.165) is 29.8 Å².